The molecule has 2 N–H and O–H groups in total. The molecule has 1 amide bonds. The van der Waals surface area contributed by atoms with Gasteiger partial charge >= 0.3 is 0 Å². The van der Waals surface area contributed by atoms with Gasteiger partial charge in [0.15, 0.2) is 0 Å². The van der Waals surface area contributed by atoms with Gasteiger partial charge in [-0.05, 0) is 41.9 Å². The third-order valence-corrected chi connectivity index (χ3v) is 3.53. The maximum Gasteiger partial charge on any atom is 0.242 e. The molecule has 0 aliphatic heterocycles. The monoisotopic (exact) mass is 290 g/mol. The number of rotatable bonds is 3. The van der Waals surface area contributed by atoms with Crippen molar-refractivity contribution in [2.45, 2.75) is 25.9 Å². The molecule has 15 heavy (non-hydrogen) atoms. The summed E-state index contributed by atoms with van der Waals surface area (Å²) in [6.07, 6.45) is 0. The number of nitrogens with zero attached hydrogens (tertiary/aromatic N) is 1. The predicted octanol–water partition coefficient (Wildman–Crippen LogP) is 2.21. The van der Waals surface area contributed by atoms with Crippen LogP contribution in [0.5, 0.6) is 0 Å². The summed E-state index contributed by atoms with van der Waals surface area (Å²) in [4.78, 5) is 14.6. The summed E-state index contributed by atoms with van der Waals surface area (Å²) in [6.45, 7) is 4.04. The van der Waals surface area contributed by atoms with Crippen LogP contribution >= 0.6 is 27.3 Å². The minimum Gasteiger partial charge on any atom is -0.339 e. The van der Waals surface area contributed by atoms with Crippen molar-refractivity contribution in [1.82, 2.24) is 4.90 Å². The Morgan fingerprint density at radius 2 is 2.20 bits per heavy atom. The van der Waals surface area contributed by atoms with Crippen molar-refractivity contribution >= 4 is 33.2 Å². The number of carbonyl (C=O) groups is 1. The summed E-state index contributed by atoms with van der Waals surface area (Å²) >= 11 is 5.02. The Balaban J connectivity index is 2.64. The second-order valence-corrected chi connectivity index (χ2v) is 6.64. The Kier molecular flexibility index (Phi) is 3.92. The highest BCUT2D eigenvalue weighted by molar-refractivity contribution is 9.11. The average molecular weight is 291 g/mol. The average Bonchev–Trinajstić information content (AvgIpc) is 2.48. The highest BCUT2D eigenvalue weighted by Gasteiger charge is 2.25. The maximum atomic E-state index is 11.8. The molecule has 0 radical (unpaired) electrons. The van der Waals surface area contributed by atoms with E-state index in [0.29, 0.717) is 6.54 Å². The first-order valence-electron chi connectivity index (χ1n) is 4.59. The minimum atomic E-state index is -0.802. The van der Waals surface area contributed by atoms with E-state index >= 15 is 0 Å². The molecule has 0 bridgehead atoms. The number of halogens is 1. The lowest BCUT2D eigenvalue weighted by atomic mass is 10.1. The highest BCUT2D eigenvalue weighted by atomic mass is 79.9. The molecule has 0 aromatic carbocycles. The highest BCUT2D eigenvalue weighted by Crippen LogP contribution is 2.23. The molecule has 1 aromatic heterocycles. The van der Waals surface area contributed by atoms with Gasteiger partial charge in [-0.3, -0.25) is 4.79 Å². The fraction of sp³-hybridized carbons (Fsp3) is 0.500. The molecule has 5 heteroatoms. The quantitative estimate of drug-likeness (QED) is 0.928. The number of thiophene rings is 1. The van der Waals surface area contributed by atoms with Gasteiger partial charge in [0.25, 0.3) is 0 Å². The van der Waals surface area contributed by atoms with Crippen LogP contribution in [0.25, 0.3) is 0 Å². The van der Waals surface area contributed by atoms with Crippen molar-refractivity contribution in [3.8, 4) is 0 Å². The van der Waals surface area contributed by atoms with Crippen LogP contribution in [0, 0.1) is 0 Å². The predicted molar refractivity (Wildman–Crippen MR) is 66.8 cm³/mol. The normalized spacial score (nSPS) is 11.5. The lowest BCUT2D eigenvalue weighted by Crippen LogP contribution is -2.49. The summed E-state index contributed by atoms with van der Waals surface area (Å²) in [5.41, 5.74) is 4.94. The topological polar surface area (TPSA) is 46.3 Å². The van der Waals surface area contributed by atoms with E-state index in [9.17, 15) is 4.79 Å². The van der Waals surface area contributed by atoms with E-state index in [1.54, 1.807) is 37.1 Å². The van der Waals surface area contributed by atoms with Crippen LogP contribution in [-0.4, -0.2) is 23.4 Å². The van der Waals surface area contributed by atoms with E-state index in [2.05, 4.69) is 15.9 Å². The van der Waals surface area contributed by atoms with Crippen LogP contribution in [0.1, 0.15) is 18.7 Å². The van der Waals surface area contributed by atoms with Gasteiger partial charge in [0.2, 0.25) is 5.91 Å². The fourth-order valence-corrected chi connectivity index (χ4v) is 2.77. The number of hydrogen-bond donors (Lipinski definition) is 1. The number of amides is 1. The van der Waals surface area contributed by atoms with Crippen LogP contribution in [0.2, 0.25) is 0 Å². The van der Waals surface area contributed by atoms with Crippen LogP contribution in [0.4, 0.5) is 0 Å². The van der Waals surface area contributed by atoms with Gasteiger partial charge in [0.05, 0.1) is 15.9 Å². The van der Waals surface area contributed by atoms with Crippen LogP contribution in [0.3, 0.4) is 0 Å². The second kappa shape index (κ2) is 4.63. The molecule has 1 heterocycles. The molecule has 1 aromatic rings. The van der Waals surface area contributed by atoms with E-state index in [1.165, 1.54) is 0 Å². The SMILES string of the molecule is CN(Cc1ccc(Br)s1)C(=O)C(C)(C)N. The second-order valence-electron chi connectivity index (χ2n) is 4.09. The van der Waals surface area contributed by atoms with Crippen molar-refractivity contribution in [3.05, 3.63) is 20.8 Å². The Morgan fingerprint density at radius 3 is 2.60 bits per heavy atom. The van der Waals surface area contributed by atoms with E-state index in [1.807, 2.05) is 12.1 Å². The number of hydrogen-bond acceptors (Lipinski definition) is 3. The number of likely N-dealkylation sites (N-methyl/N-ethyl adjacent to an activating group) is 1. The lowest BCUT2D eigenvalue weighted by molar-refractivity contribution is -0.134. The van der Waals surface area contributed by atoms with Crippen molar-refractivity contribution < 1.29 is 4.79 Å². The van der Waals surface area contributed by atoms with Gasteiger partial charge in [-0.1, -0.05) is 0 Å². The van der Waals surface area contributed by atoms with Crippen molar-refractivity contribution in [2.24, 2.45) is 5.73 Å². The molecule has 0 saturated carbocycles. The molecule has 0 saturated heterocycles. The molecule has 84 valence electrons. The van der Waals surface area contributed by atoms with Crippen molar-refractivity contribution in [2.75, 3.05) is 7.05 Å². The first-order valence-corrected chi connectivity index (χ1v) is 6.20. The van der Waals surface area contributed by atoms with Crippen LogP contribution < -0.4 is 5.73 Å². The Hall–Kier alpha value is -0.390. The smallest absolute Gasteiger partial charge is 0.242 e. The molecule has 0 atom stereocenters. The summed E-state index contributed by atoms with van der Waals surface area (Å²) < 4.78 is 1.07. The standard InChI is InChI=1S/C10H15BrN2OS/c1-10(2,12)9(14)13(3)6-7-4-5-8(11)15-7/h4-5H,6,12H2,1-3H3. The lowest BCUT2D eigenvalue weighted by Gasteiger charge is -2.25. The Bertz CT molecular complexity index is 357. The van der Waals surface area contributed by atoms with Crippen molar-refractivity contribution in [1.29, 1.82) is 0 Å². The van der Waals surface area contributed by atoms with Crippen molar-refractivity contribution in [3.63, 3.8) is 0 Å². The summed E-state index contributed by atoms with van der Waals surface area (Å²) in [6, 6.07) is 3.98. The zero-order valence-corrected chi connectivity index (χ0v) is 11.5. The molecule has 0 unspecified atom stereocenters. The molecular weight excluding hydrogens is 276 g/mol. The summed E-state index contributed by atoms with van der Waals surface area (Å²) in [5.74, 6) is -0.0491. The maximum absolute atomic E-state index is 11.8. The van der Waals surface area contributed by atoms with Gasteiger partial charge in [0, 0.05) is 11.9 Å². The molecular formula is C10H15BrN2OS. The van der Waals surface area contributed by atoms with E-state index in [0.717, 1.165) is 8.66 Å². The van der Waals surface area contributed by atoms with Gasteiger partial charge in [-0.25, -0.2) is 0 Å². The molecule has 1 rings (SSSR count). The molecule has 0 spiro atoms. The first-order chi connectivity index (χ1) is 6.80. The molecule has 3 nitrogen and oxygen atoms in total. The Morgan fingerprint density at radius 1 is 1.60 bits per heavy atom. The largest absolute Gasteiger partial charge is 0.339 e. The van der Waals surface area contributed by atoms with Gasteiger partial charge in [0.1, 0.15) is 0 Å². The van der Waals surface area contributed by atoms with Crippen LogP contribution in [0.15, 0.2) is 15.9 Å². The van der Waals surface area contributed by atoms with Gasteiger partial charge in [-0.15, -0.1) is 11.3 Å². The number of nitrogens with two attached hydrogens (primary N) is 1. The molecule has 0 aliphatic rings. The molecule has 0 aliphatic carbocycles. The van der Waals surface area contributed by atoms with Crippen LogP contribution in [-0.2, 0) is 11.3 Å². The minimum absolute atomic E-state index is 0.0491. The van der Waals surface area contributed by atoms with Gasteiger partial charge < -0.3 is 10.6 Å². The number of carbonyl (C=O) groups excluding carboxylic acids is 1. The summed E-state index contributed by atoms with van der Waals surface area (Å²) in [7, 11) is 1.77. The molecule has 0 fully saturated rings. The van der Waals surface area contributed by atoms with E-state index in [-0.39, 0.29) is 5.91 Å². The van der Waals surface area contributed by atoms with E-state index < -0.39 is 5.54 Å². The third-order valence-electron chi connectivity index (χ3n) is 1.92. The zero-order chi connectivity index (χ0) is 11.6. The first kappa shape index (κ1) is 12.7. The van der Waals surface area contributed by atoms with Gasteiger partial charge in [-0.2, -0.15) is 0 Å². The fourth-order valence-electron chi connectivity index (χ4n) is 1.23. The Labute approximate surface area is 102 Å². The third kappa shape index (κ3) is 3.59. The zero-order valence-electron chi connectivity index (χ0n) is 9.08. The van der Waals surface area contributed by atoms with E-state index in [4.69, 9.17) is 5.73 Å². The summed E-state index contributed by atoms with van der Waals surface area (Å²) in [5, 5.41) is 0.